The molecule has 1 aromatic rings. The van der Waals surface area contributed by atoms with Crippen molar-refractivity contribution in [3.63, 3.8) is 0 Å². The molecule has 4 nitrogen and oxygen atoms in total. The molecule has 1 fully saturated rings. The highest BCUT2D eigenvalue weighted by Gasteiger charge is 2.50. The molecule has 6 heteroatoms. The zero-order valence-corrected chi connectivity index (χ0v) is 12.1. The standard InChI is InChI=1S/C14H13Cl2NO3/c15-8-3-7-1-2-17(6-11(7)12(16)4-8)13(18)9-5-10(9)14(19)20/h3-4,9-10H,1-2,5-6H2,(H,19,20). The lowest BCUT2D eigenvalue weighted by Gasteiger charge is -2.30. The van der Waals surface area contributed by atoms with Gasteiger partial charge in [0.1, 0.15) is 0 Å². The summed E-state index contributed by atoms with van der Waals surface area (Å²) in [5.41, 5.74) is 1.99. The molecule has 1 aliphatic carbocycles. The van der Waals surface area contributed by atoms with Gasteiger partial charge in [-0.3, -0.25) is 9.59 Å². The number of carbonyl (C=O) groups is 2. The van der Waals surface area contributed by atoms with Gasteiger partial charge in [-0.05, 0) is 36.1 Å². The number of halogens is 2. The number of carbonyl (C=O) groups excluding carboxylic acids is 1. The maximum atomic E-state index is 12.3. The Labute approximate surface area is 126 Å². The van der Waals surface area contributed by atoms with Crippen molar-refractivity contribution in [1.29, 1.82) is 0 Å². The minimum Gasteiger partial charge on any atom is -0.481 e. The van der Waals surface area contributed by atoms with Gasteiger partial charge < -0.3 is 10.0 Å². The molecule has 2 unspecified atom stereocenters. The third-order valence-corrected chi connectivity index (χ3v) is 4.54. The number of nitrogens with zero attached hydrogens (tertiary/aromatic N) is 1. The normalized spacial score (nSPS) is 24.2. The highest BCUT2D eigenvalue weighted by atomic mass is 35.5. The second kappa shape index (κ2) is 4.93. The Morgan fingerprint density at radius 3 is 2.65 bits per heavy atom. The topological polar surface area (TPSA) is 57.6 Å². The molecular formula is C14H13Cl2NO3. The molecule has 1 heterocycles. The lowest BCUT2D eigenvalue weighted by atomic mass is 9.99. The Morgan fingerprint density at radius 1 is 1.25 bits per heavy atom. The highest BCUT2D eigenvalue weighted by molar-refractivity contribution is 6.35. The summed E-state index contributed by atoms with van der Waals surface area (Å²) in [4.78, 5) is 24.8. The third-order valence-electron chi connectivity index (χ3n) is 3.99. The molecule has 20 heavy (non-hydrogen) atoms. The lowest BCUT2D eigenvalue weighted by molar-refractivity contribution is -0.142. The summed E-state index contributed by atoms with van der Waals surface area (Å²) in [6.45, 7) is 1.03. The van der Waals surface area contributed by atoms with E-state index >= 15 is 0 Å². The van der Waals surface area contributed by atoms with Crippen molar-refractivity contribution in [2.45, 2.75) is 19.4 Å². The number of benzene rings is 1. The van der Waals surface area contributed by atoms with E-state index in [1.54, 1.807) is 11.0 Å². The Bertz CT molecular complexity index is 602. The summed E-state index contributed by atoms with van der Waals surface area (Å²) in [6, 6.07) is 3.55. The largest absolute Gasteiger partial charge is 0.481 e. The van der Waals surface area contributed by atoms with Gasteiger partial charge in [0.2, 0.25) is 5.91 Å². The second-order valence-electron chi connectivity index (χ2n) is 5.32. The van der Waals surface area contributed by atoms with Gasteiger partial charge in [-0.15, -0.1) is 0 Å². The Kier molecular flexibility index (Phi) is 3.38. The summed E-state index contributed by atoms with van der Waals surface area (Å²) in [5.74, 6) is -1.83. The van der Waals surface area contributed by atoms with E-state index in [9.17, 15) is 9.59 Å². The van der Waals surface area contributed by atoms with Crippen LogP contribution in [0.5, 0.6) is 0 Å². The van der Waals surface area contributed by atoms with Gasteiger partial charge in [-0.25, -0.2) is 0 Å². The minimum atomic E-state index is -0.884. The predicted octanol–water partition coefficient (Wildman–Crippen LogP) is 2.60. The number of hydrogen-bond donors (Lipinski definition) is 1. The van der Waals surface area contributed by atoms with Crippen LogP contribution in [0.4, 0.5) is 0 Å². The van der Waals surface area contributed by atoms with Crippen molar-refractivity contribution in [1.82, 2.24) is 4.90 Å². The summed E-state index contributed by atoms with van der Waals surface area (Å²) in [7, 11) is 0. The maximum absolute atomic E-state index is 12.3. The molecule has 1 N–H and O–H groups in total. The summed E-state index contributed by atoms with van der Waals surface area (Å²) in [5, 5.41) is 10.1. The van der Waals surface area contributed by atoms with Crippen LogP contribution in [0.25, 0.3) is 0 Å². The van der Waals surface area contributed by atoms with E-state index in [-0.39, 0.29) is 11.8 Å². The molecule has 0 aromatic heterocycles. The molecule has 1 saturated carbocycles. The second-order valence-corrected chi connectivity index (χ2v) is 6.17. The van der Waals surface area contributed by atoms with Crippen molar-refractivity contribution in [3.8, 4) is 0 Å². The molecule has 0 spiro atoms. The zero-order chi connectivity index (χ0) is 14.4. The molecule has 1 aromatic carbocycles. The number of carboxylic acids is 1. The van der Waals surface area contributed by atoms with Crippen LogP contribution in [0.2, 0.25) is 10.0 Å². The quantitative estimate of drug-likeness (QED) is 0.913. The molecule has 2 aliphatic rings. The van der Waals surface area contributed by atoms with Crippen molar-refractivity contribution < 1.29 is 14.7 Å². The maximum Gasteiger partial charge on any atom is 0.307 e. The number of carboxylic acid groups (broad SMARTS) is 1. The predicted molar refractivity (Wildman–Crippen MR) is 74.8 cm³/mol. The van der Waals surface area contributed by atoms with E-state index in [1.165, 1.54) is 0 Å². The highest BCUT2D eigenvalue weighted by Crippen LogP contribution is 2.41. The van der Waals surface area contributed by atoms with Crippen LogP contribution >= 0.6 is 23.2 Å². The molecule has 0 radical (unpaired) electrons. The average Bonchev–Trinajstić information content (AvgIpc) is 3.17. The van der Waals surface area contributed by atoms with Crippen LogP contribution in [0.1, 0.15) is 17.5 Å². The first-order chi connectivity index (χ1) is 9.47. The van der Waals surface area contributed by atoms with E-state index in [0.29, 0.717) is 36.0 Å². The van der Waals surface area contributed by atoms with Crippen molar-refractivity contribution in [2.24, 2.45) is 11.8 Å². The van der Waals surface area contributed by atoms with Gasteiger partial charge in [0, 0.05) is 23.1 Å². The van der Waals surface area contributed by atoms with Gasteiger partial charge >= 0.3 is 5.97 Å². The Balaban J connectivity index is 1.76. The molecule has 106 valence electrons. The van der Waals surface area contributed by atoms with Crippen LogP contribution in [0, 0.1) is 11.8 Å². The number of amides is 1. The fourth-order valence-electron chi connectivity index (χ4n) is 2.75. The van der Waals surface area contributed by atoms with Gasteiger partial charge in [-0.2, -0.15) is 0 Å². The summed E-state index contributed by atoms with van der Waals surface area (Å²) in [6.07, 6.45) is 1.15. The number of aliphatic carboxylic acids is 1. The molecule has 0 saturated heterocycles. The van der Waals surface area contributed by atoms with Gasteiger partial charge in [0.05, 0.1) is 11.8 Å². The first kappa shape index (κ1) is 13.7. The van der Waals surface area contributed by atoms with Crippen LogP contribution in [-0.2, 0) is 22.6 Å². The lowest BCUT2D eigenvalue weighted by Crippen LogP contribution is -2.37. The van der Waals surface area contributed by atoms with Crippen LogP contribution in [0.3, 0.4) is 0 Å². The van der Waals surface area contributed by atoms with E-state index in [2.05, 4.69) is 0 Å². The minimum absolute atomic E-state index is 0.0749. The molecule has 3 rings (SSSR count). The number of rotatable bonds is 2. The van der Waals surface area contributed by atoms with E-state index in [0.717, 1.165) is 11.1 Å². The van der Waals surface area contributed by atoms with Crippen molar-refractivity contribution >= 4 is 35.1 Å². The molecule has 1 amide bonds. The number of hydrogen-bond acceptors (Lipinski definition) is 2. The monoisotopic (exact) mass is 313 g/mol. The first-order valence-corrected chi connectivity index (χ1v) is 7.21. The van der Waals surface area contributed by atoms with Crippen molar-refractivity contribution in [2.75, 3.05) is 6.54 Å². The molecule has 0 bridgehead atoms. The average molecular weight is 314 g/mol. The smallest absolute Gasteiger partial charge is 0.307 e. The van der Waals surface area contributed by atoms with Crippen LogP contribution < -0.4 is 0 Å². The third kappa shape index (κ3) is 2.38. The summed E-state index contributed by atoms with van der Waals surface area (Å²) >= 11 is 12.1. The van der Waals surface area contributed by atoms with E-state index in [4.69, 9.17) is 28.3 Å². The zero-order valence-electron chi connectivity index (χ0n) is 10.6. The van der Waals surface area contributed by atoms with Gasteiger partial charge in [-0.1, -0.05) is 23.2 Å². The van der Waals surface area contributed by atoms with Gasteiger partial charge in [0.25, 0.3) is 0 Å². The first-order valence-electron chi connectivity index (χ1n) is 6.45. The Morgan fingerprint density at radius 2 is 2.00 bits per heavy atom. The molecule has 2 atom stereocenters. The Hall–Kier alpha value is -1.26. The van der Waals surface area contributed by atoms with E-state index in [1.807, 2.05) is 6.07 Å². The van der Waals surface area contributed by atoms with E-state index < -0.39 is 11.9 Å². The SMILES string of the molecule is O=C(O)C1CC1C(=O)N1CCc2cc(Cl)cc(Cl)c2C1. The van der Waals surface area contributed by atoms with Gasteiger partial charge in [0.15, 0.2) is 0 Å². The van der Waals surface area contributed by atoms with Crippen molar-refractivity contribution in [3.05, 3.63) is 33.3 Å². The van der Waals surface area contributed by atoms with Crippen LogP contribution in [0.15, 0.2) is 12.1 Å². The molecule has 1 aliphatic heterocycles. The fraction of sp³-hybridized carbons (Fsp3) is 0.429. The summed E-state index contributed by atoms with van der Waals surface area (Å²) < 4.78 is 0. The fourth-order valence-corrected chi connectivity index (χ4v) is 3.34. The number of fused-ring (bicyclic) bond motifs is 1. The molecular weight excluding hydrogens is 301 g/mol. The van der Waals surface area contributed by atoms with Crippen LogP contribution in [-0.4, -0.2) is 28.4 Å².